The van der Waals surface area contributed by atoms with E-state index in [2.05, 4.69) is 65.0 Å². The number of benzene rings is 1. The second-order valence-electron chi connectivity index (χ2n) is 9.30. The number of nitrogens with zero attached hydrogens (tertiary/aromatic N) is 8. The molecular weight excluding hydrogens is 605 g/mol. The zero-order valence-corrected chi connectivity index (χ0v) is 22.7. The molecule has 5 heterocycles. The van der Waals surface area contributed by atoms with E-state index in [4.69, 9.17) is 14.7 Å². The number of nitrogens with one attached hydrogen (secondary N) is 3. The van der Waals surface area contributed by atoms with Gasteiger partial charge in [-0.3, -0.25) is 4.57 Å². The minimum absolute atomic E-state index is 0.194. The van der Waals surface area contributed by atoms with Crippen LogP contribution >= 0.6 is 22.6 Å². The maximum Gasteiger partial charge on any atom is 0.227 e. The minimum Gasteiger partial charge on any atom is -0.387 e. The van der Waals surface area contributed by atoms with E-state index in [0.717, 1.165) is 28.6 Å². The average molecular weight is 633 g/mol. The van der Waals surface area contributed by atoms with Gasteiger partial charge in [0, 0.05) is 22.7 Å². The minimum atomic E-state index is -1.26. The summed E-state index contributed by atoms with van der Waals surface area (Å²) in [5.74, 6) is 1.20. The van der Waals surface area contributed by atoms with Crippen molar-refractivity contribution in [3.63, 3.8) is 0 Å². The van der Waals surface area contributed by atoms with Crippen LogP contribution in [0.4, 0.5) is 11.8 Å². The second kappa shape index (κ2) is 10.6. The molecule has 2 fully saturated rings. The van der Waals surface area contributed by atoms with Gasteiger partial charge in [0.2, 0.25) is 11.8 Å². The number of hydrogen-bond acceptors (Lipinski definition) is 12. The molecule has 0 spiro atoms. The number of tetrazole rings is 1. The van der Waals surface area contributed by atoms with E-state index in [1.165, 1.54) is 11.1 Å². The van der Waals surface area contributed by atoms with Crippen molar-refractivity contribution in [2.75, 3.05) is 23.7 Å². The van der Waals surface area contributed by atoms with E-state index in [1.807, 2.05) is 25.1 Å². The molecule has 1 aromatic carbocycles. The molecule has 5 N–H and O–H groups in total. The maximum absolute atomic E-state index is 10.9. The van der Waals surface area contributed by atoms with Gasteiger partial charge in [-0.15, -0.1) is 10.2 Å². The molecule has 6 rings (SSSR count). The summed E-state index contributed by atoms with van der Waals surface area (Å²) < 4.78 is 8.83. The van der Waals surface area contributed by atoms with Crippen molar-refractivity contribution < 1.29 is 14.9 Å². The standard InChI is InChI=1S/C23H28IN11O3/c1-2-35-32-20(31-33-35)18-16(36)17(37)22(38-18)34-11-27-15-19(26-9-12-4-3-5-13(24)8-12)29-23(30-21(15)34)28-14-6-7-25-10-14/h3-5,8,11,14,16-18,22,25,36-37H,2,6-7,9-10H2,1H3,(H2,26,28,29,30)/t14-,16+,17-,18+,22-/m1/s1. The molecule has 15 heteroatoms. The van der Waals surface area contributed by atoms with Crippen molar-refractivity contribution in [2.24, 2.45) is 0 Å². The van der Waals surface area contributed by atoms with Gasteiger partial charge in [0.05, 0.1) is 12.9 Å². The van der Waals surface area contributed by atoms with Crippen LogP contribution < -0.4 is 16.0 Å². The first-order chi connectivity index (χ1) is 18.5. The van der Waals surface area contributed by atoms with Crippen LogP contribution in [0.25, 0.3) is 11.2 Å². The first-order valence-electron chi connectivity index (χ1n) is 12.5. The van der Waals surface area contributed by atoms with Crippen LogP contribution in [0.2, 0.25) is 0 Å². The smallest absolute Gasteiger partial charge is 0.227 e. The van der Waals surface area contributed by atoms with Crippen LogP contribution in [-0.4, -0.2) is 81.3 Å². The molecule has 0 amide bonds. The van der Waals surface area contributed by atoms with Crippen molar-refractivity contribution >= 4 is 45.5 Å². The van der Waals surface area contributed by atoms with E-state index in [-0.39, 0.29) is 11.9 Å². The highest BCUT2D eigenvalue weighted by molar-refractivity contribution is 14.1. The van der Waals surface area contributed by atoms with Gasteiger partial charge in [0.15, 0.2) is 29.3 Å². The second-order valence-corrected chi connectivity index (χ2v) is 10.5. The highest BCUT2D eigenvalue weighted by Crippen LogP contribution is 2.39. The summed E-state index contributed by atoms with van der Waals surface area (Å²) in [4.78, 5) is 15.4. The normalized spacial score (nSPS) is 25.3. The highest BCUT2D eigenvalue weighted by Gasteiger charge is 2.47. The predicted octanol–water partition coefficient (Wildman–Crippen LogP) is 0.815. The van der Waals surface area contributed by atoms with Crippen LogP contribution in [0, 0.1) is 3.57 Å². The predicted molar refractivity (Wildman–Crippen MR) is 145 cm³/mol. The van der Waals surface area contributed by atoms with Gasteiger partial charge in [-0.05, 0) is 65.4 Å². The largest absolute Gasteiger partial charge is 0.387 e. The number of anilines is 2. The monoisotopic (exact) mass is 633 g/mol. The quantitative estimate of drug-likeness (QED) is 0.173. The fraction of sp³-hybridized carbons (Fsp3) is 0.478. The summed E-state index contributed by atoms with van der Waals surface area (Å²) in [6.45, 7) is 4.69. The first kappa shape index (κ1) is 25.3. The first-order valence-corrected chi connectivity index (χ1v) is 13.6. The Hall–Kier alpha value is -2.99. The third-order valence-electron chi connectivity index (χ3n) is 6.68. The van der Waals surface area contributed by atoms with Crippen LogP contribution in [-0.2, 0) is 17.8 Å². The number of halogens is 1. The lowest BCUT2D eigenvalue weighted by atomic mass is 10.1. The lowest BCUT2D eigenvalue weighted by Crippen LogP contribution is -2.29. The Balaban J connectivity index is 1.33. The summed E-state index contributed by atoms with van der Waals surface area (Å²) in [7, 11) is 0. The Morgan fingerprint density at radius 3 is 2.89 bits per heavy atom. The van der Waals surface area contributed by atoms with Crippen molar-refractivity contribution in [3.8, 4) is 0 Å². The van der Waals surface area contributed by atoms with Crippen LogP contribution in [0.15, 0.2) is 30.6 Å². The van der Waals surface area contributed by atoms with Crippen molar-refractivity contribution in [1.29, 1.82) is 0 Å². The van der Waals surface area contributed by atoms with Crippen molar-refractivity contribution in [3.05, 3.63) is 45.6 Å². The van der Waals surface area contributed by atoms with Gasteiger partial charge >= 0.3 is 0 Å². The number of aryl methyl sites for hydroxylation is 1. The Kier molecular flexibility index (Phi) is 7.08. The molecule has 0 radical (unpaired) electrons. The van der Waals surface area contributed by atoms with E-state index in [0.29, 0.717) is 36.0 Å². The topological polar surface area (TPSA) is 173 Å². The number of ether oxygens (including phenoxy) is 1. The molecule has 2 aliphatic heterocycles. The lowest BCUT2D eigenvalue weighted by Gasteiger charge is -2.18. The Bertz CT molecular complexity index is 1420. The van der Waals surface area contributed by atoms with Crippen LogP contribution in [0.3, 0.4) is 0 Å². The summed E-state index contributed by atoms with van der Waals surface area (Å²) in [6, 6.07) is 8.39. The highest BCUT2D eigenvalue weighted by atomic mass is 127. The Morgan fingerprint density at radius 2 is 2.13 bits per heavy atom. The molecule has 4 aromatic rings. The zero-order valence-electron chi connectivity index (χ0n) is 20.6. The number of rotatable bonds is 8. The van der Waals surface area contributed by atoms with Gasteiger partial charge in [0.25, 0.3) is 0 Å². The van der Waals surface area contributed by atoms with Crippen molar-refractivity contribution in [2.45, 2.75) is 57.0 Å². The molecule has 5 atom stereocenters. The number of hydrogen-bond donors (Lipinski definition) is 5. The average Bonchev–Trinajstić information content (AvgIpc) is 3.72. The van der Waals surface area contributed by atoms with Crippen molar-refractivity contribution in [1.82, 2.24) is 45.0 Å². The summed E-state index contributed by atoms with van der Waals surface area (Å²) >= 11 is 2.29. The molecule has 0 saturated carbocycles. The van der Waals surface area contributed by atoms with Crippen LogP contribution in [0.5, 0.6) is 0 Å². The number of imidazole rings is 1. The molecule has 200 valence electrons. The molecule has 2 saturated heterocycles. The summed E-state index contributed by atoms with van der Waals surface area (Å²) in [6.07, 6.45) is -1.94. The maximum atomic E-state index is 10.9. The Labute approximate surface area is 231 Å². The van der Waals surface area contributed by atoms with E-state index in [9.17, 15) is 10.2 Å². The number of aliphatic hydroxyl groups is 2. The zero-order chi connectivity index (χ0) is 26.2. The van der Waals surface area contributed by atoms with Gasteiger partial charge in [0.1, 0.15) is 12.2 Å². The molecule has 0 aliphatic carbocycles. The lowest BCUT2D eigenvalue weighted by molar-refractivity contribution is -0.0384. The number of aliphatic hydroxyl groups excluding tert-OH is 2. The van der Waals surface area contributed by atoms with E-state index < -0.39 is 24.5 Å². The summed E-state index contributed by atoms with van der Waals surface area (Å²) in [5, 5.41) is 44.0. The van der Waals surface area contributed by atoms with Gasteiger partial charge in [-0.1, -0.05) is 12.1 Å². The number of aromatic nitrogens is 8. The summed E-state index contributed by atoms with van der Waals surface area (Å²) in [5.41, 5.74) is 2.08. The molecule has 38 heavy (non-hydrogen) atoms. The molecule has 2 aliphatic rings. The SMILES string of the molecule is CCn1nnc([C@H]2O[C@@H](n3cnc4c(NCc5cccc(I)c5)nc(N[C@@H]5CCNC5)nc43)[C@H](O)[C@@H]2O)n1. The molecule has 14 nitrogen and oxygen atoms in total. The van der Waals surface area contributed by atoms with E-state index in [1.54, 1.807) is 4.57 Å². The molecule has 3 aromatic heterocycles. The third kappa shape index (κ3) is 4.91. The van der Waals surface area contributed by atoms with Gasteiger partial charge < -0.3 is 30.9 Å². The van der Waals surface area contributed by atoms with Gasteiger partial charge in [-0.25, -0.2) is 4.98 Å². The van der Waals surface area contributed by atoms with Crippen LogP contribution in [0.1, 0.15) is 37.1 Å². The van der Waals surface area contributed by atoms with E-state index >= 15 is 0 Å². The molecular formula is C23H28IN11O3. The fourth-order valence-electron chi connectivity index (χ4n) is 4.69. The molecule has 0 unspecified atom stereocenters. The third-order valence-corrected chi connectivity index (χ3v) is 7.35. The Morgan fingerprint density at radius 1 is 1.24 bits per heavy atom. The molecule has 0 bridgehead atoms. The number of fused-ring (bicyclic) bond motifs is 1. The fourth-order valence-corrected chi connectivity index (χ4v) is 5.30. The van der Waals surface area contributed by atoms with Gasteiger partial charge in [-0.2, -0.15) is 14.8 Å².